The minimum Gasteiger partial charge on any atom is -0.493 e. The average molecular weight is 509 g/mol. The maximum atomic E-state index is 13.5. The Labute approximate surface area is 219 Å². The number of carbonyl (C=O) groups is 1. The fourth-order valence-corrected chi connectivity index (χ4v) is 5.23. The number of halogens is 1. The minimum atomic E-state index is -0.277. The molecule has 1 fully saturated rings. The van der Waals surface area contributed by atoms with Crippen LogP contribution in [0.2, 0.25) is 5.02 Å². The van der Waals surface area contributed by atoms with Crippen LogP contribution in [0.1, 0.15) is 41.6 Å². The SMILES string of the molecule is Cc1cc(OC[C@@]2(CC(=O)N(C)Cc3ccccc3)CCCN(Cc3c(C)cnn3C)C2)ccc1Cl. The number of aryl methyl sites for hydroxylation is 3. The van der Waals surface area contributed by atoms with E-state index in [0.29, 0.717) is 19.6 Å². The van der Waals surface area contributed by atoms with Crippen LogP contribution in [0, 0.1) is 19.3 Å². The highest BCUT2D eigenvalue weighted by Crippen LogP contribution is 2.36. The third kappa shape index (κ3) is 6.48. The first-order valence-corrected chi connectivity index (χ1v) is 13.0. The molecule has 1 saturated heterocycles. The van der Waals surface area contributed by atoms with E-state index in [0.717, 1.165) is 54.4 Å². The van der Waals surface area contributed by atoms with Gasteiger partial charge in [-0.3, -0.25) is 14.4 Å². The van der Waals surface area contributed by atoms with E-state index in [4.69, 9.17) is 16.3 Å². The predicted molar refractivity (Wildman–Crippen MR) is 144 cm³/mol. The molecular formula is C29H37ClN4O2. The summed E-state index contributed by atoms with van der Waals surface area (Å²) < 4.78 is 8.30. The third-order valence-electron chi connectivity index (χ3n) is 7.27. The Bertz CT molecular complexity index is 1160. The molecule has 1 atom stereocenters. The molecule has 2 heterocycles. The molecule has 6 nitrogen and oxygen atoms in total. The van der Waals surface area contributed by atoms with Gasteiger partial charge in [-0.05, 0) is 68.1 Å². The van der Waals surface area contributed by atoms with E-state index in [-0.39, 0.29) is 11.3 Å². The zero-order valence-corrected chi connectivity index (χ0v) is 22.6. The summed E-state index contributed by atoms with van der Waals surface area (Å²) in [5, 5.41) is 5.14. The van der Waals surface area contributed by atoms with Crippen molar-refractivity contribution in [2.75, 3.05) is 26.7 Å². The largest absolute Gasteiger partial charge is 0.493 e. The Morgan fingerprint density at radius 2 is 1.94 bits per heavy atom. The number of carbonyl (C=O) groups excluding carboxylic acids is 1. The number of likely N-dealkylation sites (tertiary alicyclic amines) is 1. The number of benzene rings is 2. The lowest BCUT2D eigenvalue weighted by Crippen LogP contribution is -2.48. The molecule has 2 aromatic carbocycles. The average Bonchev–Trinajstić information content (AvgIpc) is 3.17. The fraction of sp³-hybridized carbons (Fsp3) is 0.448. The van der Waals surface area contributed by atoms with Crippen LogP contribution in [0.3, 0.4) is 0 Å². The van der Waals surface area contributed by atoms with Crippen molar-refractivity contribution in [1.82, 2.24) is 19.6 Å². The second-order valence-corrected chi connectivity index (χ2v) is 10.7. The van der Waals surface area contributed by atoms with E-state index in [1.807, 2.05) is 73.2 Å². The molecule has 4 rings (SSSR count). The number of ether oxygens (including phenoxy) is 1. The summed E-state index contributed by atoms with van der Waals surface area (Å²) in [6.45, 7) is 7.79. The number of amides is 1. The molecule has 1 aromatic heterocycles. The van der Waals surface area contributed by atoms with Gasteiger partial charge < -0.3 is 9.64 Å². The smallest absolute Gasteiger partial charge is 0.223 e. The van der Waals surface area contributed by atoms with Gasteiger partial charge in [0.15, 0.2) is 0 Å². The Morgan fingerprint density at radius 1 is 1.17 bits per heavy atom. The number of aromatic nitrogens is 2. The van der Waals surface area contributed by atoms with Crippen LogP contribution in [0.5, 0.6) is 5.75 Å². The van der Waals surface area contributed by atoms with Crippen LogP contribution < -0.4 is 4.74 Å². The first kappa shape index (κ1) is 26.2. The van der Waals surface area contributed by atoms with Crippen molar-refractivity contribution in [3.05, 3.63) is 82.1 Å². The maximum Gasteiger partial charge on any atom is 0.223 e. The van der Waals surface area contributed by atoms with E-state index in [1.54, 1.807) is 0 Å². The summed E-state index contributed by atoms with van der Waals surface area (Å²) >= 11 is 6.22. The predicted octanol–water partition coefficient (Wildman–Crippen LogP) is 5.40. The van der Waals surface area contributed by atoms with Crippen molar-refractivity contribution in [1.29, 1.82) is 0 Å². The van der Waals surface area contributed by atoms with Gasteiger partial charge in [0.1, 0.15) is 5.75 Å². The van der Waals surface area contributed by atoms with Crippen LogP contribution in [0.25, 0.3) is 0 Å². The maximum absolute atomic E-state index is 13.5. The summed E-state index contributed by atoms with van der Waals surface area (Å²) in [5.74, 6) is 0.939. The molecule has 1 amide bonds. The first-order valence-electron chi connectivity index (χ1n) is 12.6. The van der Waals surface area contributed by atoms with Crippen LogP contribution >= 0.6 is 11.6 Å². The number of nitrogens with zero attached hydrogens (tertiary/aromatic N) is 4. The van der Waals surface area contributed by atoms with E-state index in [1.165, 1.54) is 11.3 Å². The molecule has 192 valence electrons. The van der Waals surface area contributed by atoms with Crippen molar-refractivity contribution >= 4 is 17.5 Å². The molecule has 0 unspecified atom stereocenters. The number of hydrogen-bond acceptors (Lipinski definition) is 4. The molecule has 0 spiro atoms. The van der Waals surface area contributed by atoms with Gasteiger partial charge in [0.05, 0.1) is 18.5 Å². The fourth-order valence-electron chi connectivity index (χ4n) is 5.11. The molecular weight excluding hydrogens is 472 g/mol. The molecule has 0 bridgehead atoms. The van der Waals surface area contributed by atoms with Crippen molar-refractivity contribution in [2.24, 2.45) is 12.5 Å². The monoisotopic (exact) mass is 508 g/mol. The number of rotatable bonds is 9. The lowest BCUT2D eigenvalue weighted by Gasteiger charge is -2.43. The summed E-state index contributed by atoms with van der Waals surface area (Å²) in [6.07, 6.45) is 4.34. The lowest BCUT2D eigenvalue weighted by molar-refractivity contribution is -0.135. The highest BCUT2D eigenvalue weighted by molar-refractivity contribution is 6.31. The van der Waals surface area contributed by atoms with Crippen LogP contribution in [0.4, 0.5) is 0 Å². The van der Waals surface area contributed by atoms with E-state index in [9.17, 15) is 4.79 Å². The highest BCUT2D eigenvalue weighted by atomic mass is 35.5. The Balaban J connectivity index is 1.51. The van der Waals surface area contributed by atoms with Gasteiger partial charge in [-0.2, -0.15) is 5.10 Å². The molecule has 1 aliphatic rings. The van der Waals surface area contributed by atoms with Crippen LogP contribution in [-0.2, 0) is 24.9 Å². The second kappa shape index (κ2) is 11.5. The van der Waals surface area contributed by atoms with Gasteiger partial charge in [-0.1, -0.05) is 41.9 Å². The van der Waals surface area contributed by atoms with Gasteiger partial charge in [0.2, 0.25) is 5.91 Å². The van der Waals surface area contributed by atoms with E-state index >= 15 is 0 Å². The van der Waals surface area contributed by atoms with Crippen molar-refractivity contribution < 1.29 is 9.53 Å². The topological polar surface area (TPSA) is 50.6 Å². The molecule has 7 heteroatoms. The van der Waals surface area contributed by atoms with Gasteiger partial charge in [-0.15, -0.1) is 0 Å². The number of piperidine rings is 1. The van der Waals surface area contributed by atoms with Gasteiger partial charge in [0.25, 0.3) is 0 Å². The quantitative estimate of drug-likeness (QED) is 0.388. The molecule has 3 aromatic rings. The minimum absolute atomic E-state index is 0.147. The summed E-state index contributed by atoms with van der Waals surface area (Å²) in [5.41, 5.74) is 4.25. The lowest BCUT2D eigenvalue weighted by atomic mass is 9.77. The molecule has 0 saturated carbocycles. The zero-order chi connectivity index (χ0) is 25.7. The normalized spacial score (nSPS) is 18.2. The zero-order valence-electron chi connectivity index (χ0n) is 21.8. The standard InChI is InChI=1S/C29H37ClN4O2/c1-22-15-25(11-12-26(22)30)36-21-29(16-28(35)32(3)18-24-9-6-5-7-10-24)13-8-14-34(20-29)19-27-23(2)17-31-33(27)4/h5-7,9-12,15,17H,8,13-14,16,18-21H2,1-4H3/t29-/m1/s1. The van der Waals surface area contributed by atoms with Crippen molar-refractivity contribution in [3.8, 4) is 5.75 Å². The van der Waals surface area contributed by atoms with Crippen molar-refractivity contribution in [2.45, 2.75) is 46.2 Å². The van der Waals surface area contributed by atoms with E-state index < -0.39 is 0 Å². The molecule has 0 aliphatic carbocycles. The summed E-state index contributed by atoms with van der Waals surface area (Å²) in [6, 6.07) is 15.9. The highest BCUT2D eigenvalue weighted by Gasteiger charge is 2.39. The molecule has 0 radical (unpaired) electrons. The van der Waals surface area contributed by atoms with Crippen LogP contribution in [-0.4, -0.2) is 52.2 Å². The Kier molecular flexibility index (Phi) is 8.37. The molecule has 36 heavy (non-hydrogen) atoms. The van der Waals surface area contributed by atoms with E-state index in [2.05, 4.69) is 29.1 Å². The van der Waals surface area contributed by atoms with Crippen LogP contribution in [0.15, 0.2) is 54.7 Å². The Hall–Kier alpha value is -2.83. The first-order chi connectivity index (χ1) is 17.2. The summed E-state index contributed by atoms with van der Waals surface area (Å²) in [7, 11) is 3.89. The Morgan fingerprint density at radius 3 is 2.64 bits per heavy atom. The molecule has 0 N–H and O–H groups in total. The molecule has 1 aliphatic heterocycles. The number of hydrogen-bond donors (Lipinski definition) is 0. The second-order valence-electron chi connectivity index (χ2n) is 10.3. The van der Waals surface area contributed by atoms with Gasteiger partial charge in [-0.25, -0.2) is 0 Å². The third-order valence-corrected chi connectivity index (χ3v) is 7.70. The summed E-state index contributed by atoms with van der Waals surface area (Å²) in [4.78, 5) is 17.8. The van der Waals surface area contributed by atoms with Gasteiger partial charge in [0, 0.05) is 50.6 Å². The van der Waals surface area contributed by atoms with Gasteiger partial charge >= 0.3 is 0 Å². The van der Waals surface area contributed by atoms with Crippen molar-refractivity contribution in [3.63, 3.8) is 0 Å².